The predicted molar refractivity (Wildman–Crippen MR) is 51.7 cm³/mol. The molecule has 2 atom stereocenters. The fraction of sp³-hybridized carbons (Fsp3) is 0.600. The molecule has 0 amide bonds. The van der Waals surface area contributed by atoms with Crippen LogP contribution in [0.5, 0.6) is 0 Å². The van der Waals surface area contributed by atoms with Gasteiger partial charge in [-0.25, -0.2) is 0 Å². The molecule has 72 valence electrons. The molecule has 1 fully saturated rings. The molecule has 2 unspecified atom stereocenters. The maximum Gasteiger partial charge on any atom is 0.122 e. The van der Waals surface area contributed by atoms with Crippen LogP contribution >= 0.6 is 0 Å². The van der Waals surface area contributed by atoms with Crippen molar-refractivity contribution >= 4 is 0 Å². The van der Waals surface area contributed by atoms with Gasteiger partial charge in [-0.3, -0.25) is 0 Å². The number of hydrogen-bond acceptors (Lipinski definition) is 3. The zero-order chi connectivity index (χ0) is 9.26. The molecule has 2 rings (SSSR count). The third-order valence-electron chi connectivity index (χ3n) is 2.52. The van der Waals surface area contributed by atoms with Crippen LogP contribution in [-0.4, -0.2) is 19.1 Å². The van der Waals surface area contributed by atoms with Crippen molar-refractivity contribution in [3.8, 4) is 0 Å². The van der Waals surface area contributed by atoms with Crippen molar-refractivity contribution in [1.82, 2.24) is 10.6 Å². The first-order valence-electron chi connectivity index (χ1n) is 4.80. The van der Waals surface area contributed by atoms with Crippen LogP contribution in [0.3, 0.4) is 0 Å². The topological polar surface area (TPSA) is 37.2 Å². The Morgan fingerprint density at radius 2 is 2.08 bits per heavy atom. The van der Waals surface area contributed by atoms with E-state index < -0.39 is 0 Å². The smallest absolute Gasteiger partial charge is 0.122 e. The summed E-state index contributed by atoms with van der Waals surface area (Å²) in [5.41, 5.74) is 0. The Morgan fingerprint density at radius 3 is 2.69 bits per heavy atom. The number of furan rings is 1. The summed E-state index contributed by atoms with van der Waals surface area (Å²) in [4.78, 5) is 0. The van der Waals surface area contributed by atoms with Crippen molar-refractivity contribution in [3.05, 3.63) is 23.7 Å². The molecule has 1 saturated heterocycles. The van der Waals surface area contributed by atoms with Crippen LogP contribution in [0.15, 0.2) is 16.5 Å². The maximum absolute atomic E-state index is 5.59. The second-order valence-corrected chi connectivity index (χ2v) is 3.62. The molecule has 1 aromatic heterocycles. The summed E-state index contributed by atoms with van der Waals surface area (Å²) in [7, 11) is 0. The second kappa shape index (κ2) is 3.52. The fourth-order valence-electron chi connectivity index (χ4n) is 1.79. The summed E-state index contributed by atoms with van der Waals surface area (Å²) in [5.74, 6) is 2.02. The van der Waals surface area contributed by atoms with E-state index in [0.717, 1.165) is 24.6 Å². The molecule has 0 saturated carbocycles. The lowest BCUT2D eigenvalue weighted by molar-refractivity contribution is 0.298. The van der Waals surface area contributed by atoms with Gasteiger partial charge in [0.15, 0.2) is 0 Å². The minimum absolute atomic E-state index is 0.322. The Kier molecular flexibility index (Phi) is 2.38. The lowest BCUT2D eigenvalue weighted by Gasteiger charge is -2.29. The van der Waals surface area contributed by atoms with Gasteiger partial charge >= 0.3 is 0 Å². The molecule has 0 aliphatic carbocycles. The first-order chi connectivity index (χ1) is 6.27. The third-order valence-corrected chi connectivity index (χ3v) is 2.52. The number of nitrogens with one attached hydrogen (secondary N) is 2. The molecule has 0 spiro atoms. The SMILES string of the molecule is Cc1ccc(C2NCCNC2C)o1. The summed E-state index contributed by atoms with van der Waals surface area (Å²) in [6.45, 7) is 6.20. The molecule has 1 aliphatic heterocycles. The van der Waals surface area contributed by atoms with Crippen LogP contribution in [0.2, 0.25) is 0 Å². The van der Waals surface area contributed by atoms with Crippen molar-refractivity contribution in [2.24, 2.45) is 0 Å². The first kappa shape index (κ1) is 8.78. The van der Waals surface area contributed by atoms with E-state index in [2.05, 4.69) is 23.6 Å². The molecular formula is C10H16N2O. The number of aryl methyl sites for hydroxylation is 1. The van der Waals surface area contributed by atoms with Gasteiger partial charge in [0, 0.05) is 19.1 Å². The van der Waals surface area contributed by atoms with E-state index in [1.165, 1.54) is 0 Å². The molecule has 3 nitrogen and oxygen atoms in total. The summed E-state index contributed by atoms with van der Waals surface area (Å²) in [5, 5.41) is 6.86. The van der Waals surface area contributed by atoms with Gasteiger partial charge < -0.3 is 15.1 Å². The molecule has 0 aromatic carbocycles. The zero-order valence-corrected chi connectivity index (χ0v) is 8.13. The van der Waals surface area contributed by atoms with E-state index >= 15 is 0 Å². The van der Waals surface area contributed by atoms with Gasteiger partial charge in [0.2, 0.25) is 0 Å². The Bertz CT molecular complexity index is 282. The highest BCUT2D eigenvalue weighted by atomic mass is 16.3. The van der Waals surface area contributed by atoms with Gasteiger partial charge in [0.25, 0.3) is 0 Å². The van der Waals surface area contributed by atoms with Gasteiger partial charge in [0.1, 0.15) is 11.5 Å². The molecule has 3 heteroatoms. The average molecular weight is 180 g/mol. The van der Waals surface area contributed by atoms with E-state index in [0.29, 0.717) is 12.1 Å². The summed E-state index contributed by atoms with van der Waals surface area (Å²) >= 11 is 0. The predicted octanol–water partition coefficient (Wildman–Crippen LogP) is 1.21. The average Bonchev–Trinajstić information content (AvgIpc) is 2.53. The number of hydrogen-bond donors (Lipinski definition) is 2. The van der Waals surface area contributed by atoms with E-state index in [-0.39, 0.29) is 0 Å². The van der Waals surface area contributed by atoms with Gasteiger partial charge in [-0.05, 0) is 26.0 Å². The molecule has 1 aliphatic rings. The summed E-state index contributed by atoms with van der Waals surface area (Å²) in [6, 6.07) is 4.83. The number of rotatable bonds is 1. The van der Waals surface area contributed by atoms with Crippen LogP contribution in [0.25, 0.3) is 0 Å². The maximum atomic E-state index is 5.59. The Hall–Kier alpha value is -0.800. The lowest BCUT2D eigenvalue weighted by Crippen LogP contribution is -2.48. The van der Waals surface area contributed by atoms with E-state index in [1.807, 2.05) is 13.0 Å². The standard InChI is InChI=1S/C10H16N2O/c1-7-3-4-9(13-7)10-8(2)11-5-6-12-10/h3-4,8,10-12H,5-6H2,1-2H3. The molecule has 0 bridgehead atoms. The second-order valence-electron chi connectivity index (χ2n) is 3.62. The van der Waals surface area contributed by atoms with Crippen molar-refractivity contribution in [2.75, 3.05) is 13.1 Å². The molecule has 2 heterocycles. The van der Waals surface area contributed by atoms with Crippen LogP contribution in [0.1, 0.15) is 24.5 Å². The van der Waals surface area contributed by atoms with Crippen molar-refractivity contribution in [3.63, 3.8) is 0 Å². The van der Waals surface area contributed by atoms with E-state index in [4.69, 9.17) is 4.42 Å². The summed E-state index contributed by atoms with van der Waals surface area (Å²) in [6.07, 6.45) is 0. The van der Waals surface area contributed by atoms with Crippen LogP contribution < -0.4 is 10.6 Å². The Balaban J connectivity index is 2.14. The zero-order valence-electron chi connectivity index (χ0n) is 8.13. The fourth-order valence-corrected chi connectivity index (χ4v) is 1.79. The van der Waals surface area contributed by atoms with Gasteiger partial charge in [-0.2, -0.15) is 0 Å². The van der Waals surface area contributed by atoms with Crippen LogP contribution in [-0.2, 0) is 0 Å². The van der Waals surface area contributed by atoms with Crippen LogP contribution in [0.4, 0.5) is 0 Å². The highest BCUT2D eigenvalue weighted by molar-refractivity contribution is 5.12. The molecule has 1 aromatic rings. The van der Waals surface area contributed by atoms with E-state index in [1.54, 1.807) is 0 Å². The molecule has 0 radical (unpaired) electrons. The largest absolute Gasteiger partial charge is 0.465 e. The summed E-state index contributed by atoms with van der Waals surface area (Å²) < 4.78 is 5.59. The highest BCUT2D eigenvalue weighted by Gasteiger charge is 2.24. The van der Waals surface area contributed by atoms with Crippen molar-refractivity contribution < 1.29 is 4.42 Å². The van der Waals surface area contributed by atoms with E-state index in [9.17, 15) is 0 Å². The third kappa shape index (κ3) is 1.76. The molecular weight excluding hydrogens is 164 g/mol. The minimum Gasteiger partial charge on any atom is -0.465 e. The normalized spacial score (nSPS) is 29.1. The molecule has 2 N–H and O–H groups in total. The number of piperazine rings is 1. The van der Waals surface area contributed by atoms with Crippen LogP contribution in [0, 0.1) is 6.92 Å². The van der Waals surface area contributed by atoms with Crippen molar-refractivity contribution in [2.45, 2.75) is 25.9 Å². The van der Waals surface area contributed by atoms with Crippen molar-refractivity contribution in [1.29, 1.82) is 0 Å². The Labute approximate surface area is 78.5 Å². The van der Waals surface area contributed by atoms with Gasteiger partial charge in [-0.15, -0.1) is 0 Å². The Morgan fingerprint density at radius 1 is 1.31 bits per heavy atom. The highest BCUT2D eigenvalue weighted by Crippen LogP contribution is 2.20. The monoisotopic (exact) mass is 180 g/mol. The quantitative estimate of drug-likeness (QED) is 0.682. The lowest BCUT2D eigenvalue weighted by atomic mass is 10.1. The molecule has 13 heavy (non-hydrogen) atoms. The minimum atomic E-state index is 0.322. The van der Waals surface area contributed by atoms with Gasteiger partial charge in [0.05, 0.1) is 6.04 Å². The first-order valence-corrected chi connectivity index (χ1v) is 4.80. The van der Waals surface area contributed by atoms with Gasteiger partial charge in [-0.1, -0.05) is 0 Å².